The topological polar surface area (TPSA) is 127 Å². The summed E-state index contributed by atoms with van der Waals surface area (Å²) in [6, 6.07) is 3.58. The summed E-state index contributed by atoms with van der Waals surface area (Å²) in [5.41, 5.74) is -0.0518. The minimum absolute atomic E-state index is 0.0190. The van der Waals surface area contributed by atoms with Crippen molar-refractivity contribution in [2.24, 2.45) is 0 Å². The lowest BCUT2D eigenvalue weighted by Gasteiger charge is -2.09. The molecule has 0 saturated carbocycles. The first kappa shape index (κ1) is 13.0. The SMILES string of the molecule is O=C(O)CNc1cc(B(O)O)ccc1C(=O)O. The Hall–Kier alpha value is -2.06. The highest BCUT2D eigenvalue weighted by molar-refractivity contribution is 6.58. The van der Waals surface area contributed by atoms with Crippen LogP contribution in [0.3, 0.4) is 0 Å². The maximum Gasteiger partial charge on any atom is 0.488 e. The number of hydrogen-bond acceptors (Lipinski definition) is 5. The van der Waals surface area contributed by atoms with Crippen molar-refractivity contribution in [3.05, 3.63) is 23.8 Å². The lowest BCUT2D eigenvalue weighted by Crippen LogP contribution is -2.30. The number of carboxylic acids is 2. The van der Waals surface area contributed by atoms with Crippen LogP contribution in [0.15, 0.2) is 18.2 Å². The second-order valence-corrected chi connectivity index (χ2v) is 3.23. The first-order chi connectivity index (χ1) is 7.91. The highest BCUT2D eigenvalue weighted by atomic mass is 16.4. The molecule has 0 saturated heterocycles. The molecule has 0 radical (unpaired) electrons. The zero-order valence-corrected chi connectivity index (χ0v) is 8.62. The molecule has 17 heavy (non-hydrogen) atoms. The summed E-state index contributed by atoms with van der Waals surface area (Å²) in [4.78, 5) is 21.2. The average molecular weight is 239 g/mol. The van der Waals surface area contributed by atoms with Crippen LogP contribution in [0.5, 0.6) is 0 Å². The van der Waals surface area contributed by atoms with Crippen molar-refractivity contribution in [1.82, 2.24) is 0 Å². The molecule has 0 fully saturated rings. The Morgan fingerprint density at radius 1 is 1.24 bits per heavy atom. The van der Waals surface area contributed by atoms with E-state index < -0.39 is 25.6 Å². The van der Waals surface area contributed by atoms with Crippen molar-refractivity contribution in [1.29, 1.82) is 0 Å². The van der Waals surface area contributed by atoms with E-state index in [1.807, 2.05) is 0 Å². The van der Waals surface area contributed by atoms with Gasteiger partial charge < -0.3 is 25.6 Å². The van der Waals surface area contributed by atoms with E-state index in [4.69, 9.17) is 20.3 Å². The van der Waals surface area contributed by atoms with Crippen molar-refractivity contribution in [2.45, 2.75) is 0 Å². The summed E-state index contributed by atoms with van der Waals surface area (Å²) in [6.45, 7) is -0.467. The molecule has 0 amide bonds. The van der Waals surface area contributed by atoms with E-state index in [1.165, 1.54) is 18.2 Å². The third-order valence-corrected chi connectivity index (χ3v) is 2.00. The van der Waals surface area contributed by atoms with E-state index in [9.17, 15) is 9.59 Å². The predicted molar refractivity (Wildman–Crippen MR) is 59.4 cm³/mol. The smallest absolute Gasteiger partial charge is 0.480 e. The van der Waals surface area contributed by atoms with Gasteiger partial charge >= 0.3 is 19.1 Å². The van der Waals surface area contributed by atoms with E-state index in [2.05, 4.69) is 5.32 Å². The number of anilines is 1. The molecule has 0 heterocycles. The van der Waals surface area contributed by atoms with Gasteiger partial charge in [0, 0.05) is 5.69 Å². The second kappa shape index (κ2) is 5.33. The summed E-state index contributed by atoms with van der Waals surface area (Å²) >= 11 is 0. The number of aromatic carboxylic acids is 1. The molecule has 0 atom stereocenters. The average Bonchev–Trinajstić information content (AvgIpc) is 2.25. The summed E-state index contributed by atoms with van der Waals surface area (Å²) in [5, 5.41) is 37.5. The lowest BCUT2D eigenvalue weighted by molar-refractivity contribution is -0.134. The Balaban J connectivity index is 3.06. The Labute approximate surface area is 96.5 Å². The lowest BCUT2D eigenvalue weighted by atomic mass is 9.79. The fourth-order valence-corrected chi connectivity index (χ4v) is 1.23. The summed E-state index contributed by atoms with van der Waals surface area (Å²) in [6.07, 6.45) is 0. The summed E-state index contributed by atoms with van der Waals surface area (Å²) in [5.74, 6) is -2.40. The molecular formula is C9H10BNO6. The van der Waals surface area contributed by atoms with Crippen LogP contribution in [0, 0.1) is 0 Å². The molecule has 0 aliphatic carbocycles. The third-order valence-electron chi connectivity index (χ3n) is 2.00. The van der Waals surface area contributed by atoms with Gasteiger partial charge in [-0.15, -0.1) is 0 Å². The van der Waals surface area contributed by atoms with Crippen LogP contribution in [-0.2, 0) is 4.79 Å². The zero-order valence-electron chi connectivity index (χ0n) is 8.62. The number of aliphatic carboxylic acids is 1. The van der Waals surface area contributed by atoms with Crippen LogP contribution in [0.4, 0.5) is 5.69 Å². The maximum atomic E-state index is 10.8. The molecule has 0 unspecified atom stereocenters. The van der Waals surface area contributed by atoms with Crippen molar-refractivity contribution in [3.8, 4) is 0 Å². The van der Waals surface area contributed by atoms with Gasteiger partial charge in [0.15, 0.2) is 0 Å². The van der Waals surface area contributed by atoms with Gasteiger partial charge in [-0.25, -0.2) is 4.79 Å². The van der Waals surface area contributed by atoms with Crippen LogP contribution in [0.1, 0.15) is 10.4 Å². The van der Waals surface area contributed by atoms with Gasteiger partial charge in [-0.3, -0.25) is 4.79 Å². The standard InChI is InChI=1S/C9H10BNO6/c12-8(13)4-11-7-3-5(10(16)17)1-2-6(7)9(14)15/h1-3,11,16-17H,4H2,(H,12,13)(H,14,15). The van der Waals surface area contributed by atoms with Crippen LogP contribution >= 0.6 is 0 Å². The number of carboxylic acid groups (broad SMARTS) is 2. The molecule has 1 aromatic rings. The Morgan fingerprint density at radius 3 is 2.35 bits per heavy atom. The van der Waals surface area contributed by atoms with Crippen molar-refractivity contribution < 1.29 is 29.9 Å². The fourth-order valence-electron chi connectivity index (χ4n) is 1.23. The number of nitrogens with one attached hydrogen (secondary N) is 1. The Bertz CT molecular complexity index is 447. The van der Waals surface area contributed by atoms with Gasteiger partial charge in [0.25, 0.3) is 0 Å². The molecule has 0 aliphatic rings. The van der Waals surface area contributed by atoms with E-state index in [0.717, 1.165) is 0 Å². The number of rotatable bonds is 5. The minimum atomic E-state index is -1.75. The number of hydrogen-bond donors (Lipinski definition) is 5. The van der Waals surface area contributed by atoms with E-state index >= 15 is 0 Å². The van der Waals surface area contributed by atoms with Crippen LogP contribution < -0.4 is 10.8 Å². The fraction of sp³-hybridized carbons (Fsp3) is 0.111. The third kappa shape index (κ3) is 3.47. The van der Waals surface area contributed by atoms with Crippen molar-refractivity contribution in [2.75, 3.05) is 11.9 Å². The molecule has 0 aliphatic heterocycles. The monoisotopic (exact) mass is 239 g/mol. The molecule has 1 aromatic carbocycles. The highest BCUT2D eigenvalue weighted by Crippen LogP contribution is 2.13. The molecule has 5 N–H and O–H groups in total. The first-order valence-corrected chi connectivity index (χ1v) is 4.61. The molecule has 7 nitrogen and oxygen atoms in total. The molecule has 0 bridgehead atoms. The first-order valence-electron chi connectivity index (χ1n) is 4.61. The quantitative estimate of drug-likeness (QED) is 0.398. The Morgan fingerprint density at radius 2 is 1.88 bits per heavy atom. The van der Waals surface area contributed by atoms with Gasteiger partial charge in [-0.1, -0.05) is 6.07 Å². The maximum absolute atomic E-state index is 10.8. The van der Waals surface area contributed by atoms with Gasteiger partial charge in [0.1, 0.15) is 6.54 Å². The van der Waals surface area contributed by atoms with Crippen molar-refractivity contribution in [3.63, 3.8) is 0 Å². The van der Waals surface area contributed by atoms with E-state index in [1.54, 1.807) is 0 Å². The Kier molecular flexibility index (Phi) is 4.08. The normalized spacial score (nSPS) is 9.76. The van der Waals surface area contributed by atoms with Gasteiger partial charge in [0.2, 0.25) is 0 Å². The van der Waals surface area contributed by atoms with E-state index in [0.29, 0.717) is 0 Å². The zero-order chi connectivity index (χ0) is 13.0. The van der Waals surface area contributed by atoms with Crippen LogP contribution in [0.25, 0.3) is 0 Å². The van der Waals surface area contributed by atoms with Crippen LogP contribution in [0.2, 0.25) is 0 Å². The molecule has 1 rings (SSSR count). The number of benzene rings is 1. The van der Waals surface area contributed by atoms with Gasteiger partial charge in [0.05, 0.1) is 5.56 Å². The number of carbonyl (C=O) groups is 2. The molecule has 8 heteroatoms. The second-order valence-electron chi connectivity index (χ2n) is 3.23. The van der Waals surface area contributed by atoms with Gasteiger partial charge in [-0.05, 0) is 17.6 Å². The summed E-state index contributed by atoms with van der Waals surface area (Å²) < 4.78 is 0. The summed E-state index contributed by atoms with van der Waals surface area (Å²) in [7, 11) is -1.75. The largest absolute Gasteiger partial charge is 0.488 e. The predicted octanol–water partition coefficient (Wildman–Crippen LogP) is -1.44. The minimum Gasteiger partial charge on any atom is -0.480 e. The molecule has 0 aromatic heterocycles. The molecule has 0 spiro atoms. The van der Waals surface area contributed by atoms with Crippen LogP contribution in [-0.4, -0.2) is 45.9 Å². The van der Waals surface area contributed by atoms with E-state index in [-0.39, 0.29) is 16.7 Å². The highest BCUT2D eigenvalue weighted by Gasteiger charge is 2.16. The molecule has 90 valence electrons. The van der Waals surface area contributed by atoms with Gasteiger partial charge in [-0.2, -0.15) is 0 Å². The van der Waals surface area contributed by atoms with Crippen molar-refractivity contribution >= 4 is 30.2 Å². The molecular weight excluding hydrogens is 229 g/mol.